The van der Waals surface area contributed by atoms with Crippen LogP contribution in [0.5, 0.6) is 11.5 Å². The minimum atomic E-state index is -1.69. The van der Waals surface area contributed by atoms with Crippen LogP contribution in [0.15, 0.2) is 42.5 Å². The van der Waals surface area contributed by atoms with Crippen molar-refractivity contribution in [1.29, 1.82) is 0 Å². The van der Waals surface area contributed by atoms with E-state index in [0.717, 1.165) is 0 Å². The van der Waals surface area contributed by atoms with E-state index in [9.17, 15) is 9.59 Å². The van der Waals surface area contributed by atoms with E-state index in [2.05, 4.69) is 0 Å². The molecule has 5 nitrogen and oxygen atoms in total. The van der Waals surface area contributed by atoms with Crippen molar-refractivity contribution in [2.75, 3.05) is 7.11 Å². The number of hydrogen-bond acceptors (Lipinski definition) is 5. The van der Waals surface area contributed by atoms with Gasteiger partial charge < -0.3 is 14.2 Å². The van der Waals surface area contributed by atoms with E-state index < -0.39 is 17.5 Å². The van der Waals surface area contributed by atoms with E-state index in [-0.39, 0.29) is 0 Å². The van der Waals surface area contributed by atoms with Gasteiger partial charge in [-0.2, -0.15) is 0 Å². The van der Waals surface area contributed by atoms with Crippen LogP contribution in [-0.4, -0.2) is 18.9 Å². The predicted octanol–water partition coefficient (Wildman–Crippen LogP) is 2.29. The lowest BCUT2D eigenvalue weighted by Gasteiger charge is -2.20. The van der Waals surface area contributed by atoms with Gasteiger partial charge in [0.25, 0.3) is 5.78 Å². The Balaban J connectivity index is 1.90. The van der Waals surface area contributed by atoms with Gasteiger partial charge in [0.15, 0.2) is 0 Å². The number of methoxy groups -OCH3 is 1. The fraction of sp³-hybridized carbons (Fsp3) is 0.125. The van der Waals surface area contributed by atoms with Crippen LogP contribution in [0, 0.1) is 0 Å². The SMILES string of the molecule is COc1ccc2c(c1)C(=O)C1(OC(=O)c3ccccc31)O2. The highest BCUT2D eigenvalue weighted by Crippen LogP contribution is 2.47. The van der Waals surface area contributed by atoms with Gasteiger partial charge in [-0.05, 0) is 30.3 Å². The van der Waals surface area contributed by atoms with E-state index in [1.807, 2.05) is 0 Å². The van der Waals surface area contributed by atoms with E-state index in [1.54, 1.807) is 42.5 Å². The van der Waals surface area contributed by atoms with Gasteiger partial charge in [0, 0.05) is 0 Å². The van der Waals surface area contributed by atoms with Crippen molar-refractivity contribution < 1.29 is 23.8 Å². The van der Waals surface area contributed by atoms with E-state index in [1.165, 1.54) is 7.11 Å². The highest BCUT2D eigenvalue weighted by atomic mass is 16.7. The summed E-state index contributed by atoms with van der Waals surface area (Å²) < 4.78 is 16.1. The van der Waals surface area contributed by atoms with Crippen molar-refractivity contribution in [3.63, 3.8) is 0 Å². The Hall–Kier alpha value is -2.82. The standard InChI is InChI=1S/C16H10O5/c1-19-9-6-7-13-11(8-9)14(17)16(20-13)12-5-3-2-4-10(12)15(18)21-16/h2-8H,1H3. The van der Waals surface area contributed by atoms with Crippen LogP contribution in [0.25, 0.3) is 0 Å². The Labute approximate surface area is 120 Å². The Morgan fingerprint density at radius 1 is 1.00 bits per heavy atom. The summed E-state index contributed by atoms with van der Waals surface area (Å²) in [5.74, 6) is -1.72. The van der Waals surface area contributed by atoms with Crippen molar-refractivity contribution in [3.8, 4) is 11.5 Å². The van der Waals surface area contributed by atoms with Crippen LogP contribution < -0.4 is 9.47 Å². The summed E-state index contributed by atoms with van der Waals surface area (Å²) in [5.41, 5.74) is 1.14. The molecule has 21 heavy (non-hydrogen) atoms. The Bertz CT molecular complexity index is 795. The molecule has 0 saturated carbocycles. The average Bonchev–Trinajstić information content (AvgIpc) is 2.96. The third kappa shape index (κ3) is 1.40. The summed E-state index contributed by atoms with van der Waals surface area (Å²) in [4.78, 5) is 24.7. The van der Waals surface area contributed by atoms with E-state index in [4.69, 9.17) is 14.2 Å². The molecule has 2 aromatic carbocycles. The van der Waals surface area contributed by atoms with Crippen LogP contribution in [0.3, 0.4) is 0 Å². The van der Waals surface area contributed by atoms with Gasteiger partial charge in [0.1, 0.15) is 11.5 Å². The largest absolute Gasteiger partial charge is 0.497 e. The summed E-state index contributed by atoms with van der Waals surface area (Å²) in [6.45, 7) is 0. The molecule has 0 fully saturated rings. The lowest BCUT2D eigenvalue weighted by molar-refractivity contribution is -0.0978. The van der Waals surface area contributed by atoms with Crippen LogP contribution in [0.1, 0.15) is 26.3 Å². The number of carbonyl (C=O) groups is 2. The molecule has 1 spiro atoms. The van der Waals surface area contributed by atoms with E-state index >= 15 is 0 Å². The van der Waals surface area contributed by atoms with Gasteiger partial charge >= 0.3 is 11.8 Å². The first-order valence-electron chi connectivity index (χ1n) is 6.40. The first kappa shape index (κ1) is 12.0. The van der Waals surface area contributed by atoms with Crippen molar-refractivity contribution in [1.82, 2.24) is 0 Å². The molecule has 0 N–H and O–H groups in total. The molecule has 1 unspecified atom stereocenters. The van der Waals surface area contributed by atoms with Crippen LogP contribution in [0.2, 0.25) is 0 Å². The number of carbonyl (C=O) groups excluding carboxylic acids is 2. The summed E-state index contributed by atoms with van der Waals surface area (Å²) in [6, 6.07) is 11.6. The monoisotopic (exact) mass is 282 g/mol. The third-order valence-electron chi connectivity index (χ3n) is 3.72. The zero-order chi connectivity index (χ0) is 14.6. The molecule has 2 aliphatic rings. The minimum Gasteiger partial charge on any atom is -0.497 e. The van der Waals surface area contributed by atoms with Crippen LogP contribution in [-0.2, 0) is 10.5 Å². The zero-order valence-electron chi connectivity index (χ0n) is 11.1. The highest BCUT2D eigenvalue weighted by Gasteiger charge is 2.58. The maximum absolute atomic E-state index is 12.7. The number of ketones is 1. The lowest BCUT2D eigenvalue weighted by atomic mass is 9.97. The van der Waals surface area contributed by atoms with Gasteiger partial charge in [-0.1, -0.05) is 12.1 Å². The molecular weight excluding hydrogens is 272 g/mol. The minimum absolute atomic E-state index is 0.346. The van der Waals surface area contributed by atoms with Crippen molar-refractivity contribution in [2.24, 2.45) is 0 Å². The molecule has 0 amide bonds. The predicted molar refractivity (Wildman–Crippen MR) is 71.5 cm³/mol. The van der Waals surface area contributed by atoms with Crippen molar-refractivity contribution in [3.05, 3.63) is 59.2 Å². The van der Waals surface area contributed by atoms with Crippen molar-refractivity contribution in [2.45, 2.75) is 5.79 Å². The molecule has 1 atom stereocenters. The molecule has 0 bridgehead atoms. The van der Waals surface area contributed by atoms with Crippen molar-refractivity contribution >= 4 is 11.8 Å². The number of Topliss-reactive ketones (excluding diaryl/α,β-unsaturated/α-hetero) is 1. The molecule has 0 radical (unpaired) electrons. The molecule has 4 rings (SSSR count). The Morgan fingerprint density at radius 3 is 2.62 bits per heavy atom. The molecule has 5 heteroatoms. The third-order valence-corrected chi connectivity index (χ3v) is 3.72. The zero-order valence-corrected chi connectivity index (χ0v) is 11.1. The second-order valence-corrected chi connectivity index (χ2v) is 4.84. The van der Waals surface area contributed by atoms with Gasteiger partial charge in [-0.15, -0.1) is 0 Å². The molecular formula is C16H10O5. The fourth-order valence-electron chi connectivity index (χ4n) is 2.71. The summed E-state index contributed by atoms with van der Waals surface area (Å²) >= 11 is 0. The fourth-order valence-corrected chi connectivity index (χ4v) is 2.71. The molecule has 104 valence electrons. The number of esters is 1. The number of fused-ring (bicyclic) bond motifs is 3. The molecule has 0 aliphatic carbocycles. The highest BCUT2D eigenvalue weighted by molar-refractivity contribution is 6.12. The Morgan fingerprint density at radius 2 is 1.81 bits per heavy atom. The van der Waals surface area contributed by atoms with Gasteiger partial charge in [-0.25, -0.2) is 4.79 Å². The Kier molecular flexibility index (Phi) is 2.19. The quantitative estimate of drug-likeness (QED) is 0.751. The molecule has 2 heterocycles. The van der Waals surface area contributed by atoms with Crippen LogP contribution in [0.4, 0.5) is 0 Å². The second kappa shape index (κ2) is 3.85. The van der Waals surface area contributed by atoms with Gasteiger partial charge in [0.2, 0.25) is 0 Å². The molecule has 0 aromatic heterocycles. The maximum atomic E-state index is 12.7. The summed E-state index contributed by atoms with van der Waals surface area (Å²) in [5, 5.41) is 0. The number of ether oxygens (including phenoxy) is 3. The molecule has 2 aliphatic heterocycles. The molecule has 0 saturated heterocycles. The number of benzene rings is 2. The van der Waals surface area contributed by atoms with Crippen LogP contribution >= 0.6 is 0 Å². The normalized spacial score (nSPS) is 21.8. The van der Waals surface area contributed by atoms with Gasteiger partial charge in [0.05, 0.1) is 23.8 Å². The number of hydrogen-bond donors (Lipinski definition) is 0. The lowest BCUT2D eigenvalue weighted by Crippen LogP contribution is -2.37. The molecule has 2 aromatic rings. The number of rotatable bonds is 1. The first-order chi connectivity index (χ1) is 10.2. The first-order valence-corrected chi connectivity index (χ1v) is 6.40. The average molecular weight is 282 g/mol. The van der Waals surface area contributed by atoms with E-state index in [0.29, 0.717) is 28.2 Å². The summed E-state index contributed by atoms with van der Waals surface area (Å²) in [6.07, 6.45) is 0. The summed E-state index contributed by atoms with van der Waals surface area (Å²) in [7, 11) is 1.52. The second-order valence-electron chi connectivity index (χ2n) is 4.84. The maximum Gasteiger partial charge on any atom is 0.347 e. The van der Waals surface area contributed by atoms with Gasteiger partial charge in [-0.3, -0.25) is 4.79 Å². The topological polar surface area (TPSA) is 61.8 Å². The smallest absolute Gasteiger partial charge is 0.347 e.